The number of likely N-dealkylation sites (N-methyl/N-ethyl adjacent to an activating group) is 1. The largest absolute Gasteiger partial charge is 0.473 e. The normalized spacial score (nSPS) is 14.1. The van der Waals surface area contributed by atoms with E-state index < -0.39 is 11.9 Å². The molecule has 8 nitrogen and oxygen atoms in total. The Bertz CT molecular complexity index is 593. The van der Waals surface area contributed by atoms with Crippen LogP contribution in [0.25, 0.3) is 5.57 Å². The molecule has 2 N–H and O–H groups in total. The summed E-state index contributed by atoms with van der Waals surface area (Å²) in [5.41, 5.74) is 2.02. The minimum absolute atomic E-state index is 0.238. The molecular weight excluding hydrogens is 310 g/mol. The molecule has 0 saturated carbocycles. The molecule has 0 bridgehead atoms. The maximum Gasteiger partial charge on any atom is 0.414 e. The number of aromatic nitrogens is 2. The summed E-state index contributed by atoms with van der Waals surface area (Å²) >= 11 is 1.16. The second-order valence-corrected chi connectivity index (χ2v) is 4.81. The van der Waals surface area contributed by atoms with Crippen LogP contribution in [-0.4, -0.2) is 62.5 Å². The van der Waals surface area contributed by atoms with Crippen LogP contribution in [0.3, 0.4) is 0 Å². The van der Waals surface area contributed by atoms with Crippen LogP contribution in [0.2, 0.25) is 0 Å². The number of nitrogens with zero attached hydrogens (tertiary/aromatic N) is 3. The zero-order valence-corrected chi connectivity index (χ0v) is 12.7. The molecule has 1 aromatic heterocycles. The lowest BCUT2D eigenvalue weighted by Gasteiger charge is -2.21. The van der Waals surface area contributed by atoms with Crippen molar-refractivity contribution < 1.29 is 24.5 Å². The van der Waals surface area contributed by atoms with E-state index in [0.717, 1.165) is 36.9 Å². The van der Waals surface area contributed by atoms with Gasteiger partial charge in [0.25, 0.3) is 5.88 Å². The SMILES string of the molecule is C#CCOc1nsnc1C1=CCCN(C)C1.O=C(O)C(=O)O. The smallest absolute Gasteiger partial charge is 0.414 e. The molecule has 0 aromatic carbocycles. The van der Waals surface area contributed by atoms with Crippen LogP contribution >= 0.6 is 11.7 Å². The highest BCUT2D eigenvalue weighted by Crippen LogP contribution is 2.26. The van der Waals surface area contributed by atoms with Crippen LogP contribution in [0.5, 0.6) is 5.88 Å². The van der Waals surface area contributed by atoms with Crippen molar-refractivity contribution in [3.63, 3.8) is 0 Å². The number of terminal acetylenes is 1. The maximum atomic E-state index is 9.10. The van der Waals surface area contributed by atoms with E-state index in [1.54, 1.807) is 0 Å². The van der Waals surface area contributed by atoms with Gasteiger partial charge in [0, 0.05) is 13.1 Å². The van der Waals surface area contributed by atoms with Crippen molar-refractivity contribution in [2.24, 2.45) is 0 Å². The number of carboxylic acid groups (broad SMARTS) is 2. The Kier molecular flexibility index (Phi) is 7.01. The van der Waals surface area contributed by atoms with E-state index in [2.05, 4.69) is 32.7 Å². The summed E-state index contributed by atoms with van der Waals surface area (Å²) in [6, 6.07) is 0. The Labute approximate surface area is 131 Å². The second-order valence-electron chi connectivity index (χ2n) is 4.28. The first-order valence-electron chi connectivity index (χ1n) is 6.18. The summed E-state index contributed by atoms with van der Waals surface area (Å²) in [6.45, 7) is 2.21. The third-order valence-corrected chi connectivity index (χ3v) is 3.09. The van der Waals surface area contributed by atoms with Crippen LogP contribution in [0, 0.1) is 12.3 Å². The van der Waals surface area contributed by atoms with E-state index in [-0.39, 0.29) is 6.61 Å². The van der Waals surface area contributed by atoms with Gasteiger partial charge in [-0.1, -0.05) is 12.0 Å². The fourth-order valence-corrected chi connectivity index (χ4v) is 2.18. The lowest BCUT2D eigenvalue weighted by molar-refractivity contribution is -0.159. The molecule has 0 spiro atoms. The lowest BCUT2D eigenvalue weighted by Crippen LogP contribution is -2.25. The molecule has 9 heteroatoms. The first-order chi connectivity index (χ1) is 10.5. The zero-order valence-electron chi connectivity index (χ0n) is 11.9. The number of rotatable bonds is 3. The molecule has 2 heterocycles. The minimum atomic E-state index is -1.82. The minimum Gasteiger partial charge on any atom is -0.473 e. The second kappa shape index (κ2) is 8.76. The predicted octanol–water partition coefficient (Wildman–Crippen LogP) is 0.425. The molecule has 22 heavy (non-hydrogen) atoms. The van der Waals surface area contributed by atoms with Gasteiger partial charge in [0.15, 0.2) is 6.61 Å². The van der Waals surface area contributed by atoms with Crippen molar-refractivity contribution in [2.75, 3.05) is 26.7 Å². The summed E-state index contributed by atoms with van der Waals surface area (Å²) in [5.74, 6) is -0.659. The highest BCUT2D eigenvalue weighted by Gasteiger charge is 2.18. The quantitative estimate of drug-likeness (QED) is 0.607. The van der Waals surface area contributed by atoms with Crippen LogP contribution in [0.15, 0.2) is 6.08 Å². The van der Waals surface area contributed by atoms with E-state index in [0.29, 0.717) is 5.88 Å². The average molecular weight is 325 g/mol. The number of carbonyl (C=O) groups is 2. The third-order valence-electron chi connectivity index (χ3n) is 2.58. The predicted molar refractivity (Wildman–Crippen MR) is 79.6 cm³/mol. The van der Waals surface area contributed by atoms with E-state index in [1.807, 2.05) is 0 Å². The Hall–Kier alpha value is -2.44. The van der Waals surface area contributed by atoms with Crippen molar-refractivity contribution in [3.8, 4) is 18.2 Å². The van der Waals surface area contributed by atoms with Gasteiger partial charge in [-0.25, -0.2) is 9.59 Å². The van der Waals surface area contributed by atoms with E-state index >= 15 is 0 Å². The average Bonchev–Trinajstić information content (AvgIpc) is 2.94. The molecule has 0 unspecified atom stereocenters. The van der Waals surface area contributed by atoms with Crippen molar-refractivity contribution in [1.29, 1.82) is 0 Å². The Morgan fingerprint density at radius 3 is 2.68 bits per heavy atom. The molecular formula is C13H15N3O5S. The van der Waals surface area contributed by atoms with E-state index in [4.69, 9.17) is 31.0 Å². The monoisotopic (exact) mass is 325 g/mol. The molecule has 1 aromatic rings. The first-order valence-corrected chi connectivity index (χ1v) is 6.91. The zero-order chi connectivity index (χ0) is 16.5. The molecule has 0 amide bonds. The third kappa shape index (κ3) is 5.51. The van der Waals surface area contributed by atoms with Gasteiger partial charge in [-0.15, -0.1) is 10.8 Å². The van der Waals surface area contributed by atoms with Gasteiger partial charge in [0.1, 0.15) is 5.69 Å². The van der Waals surface area contributed by atoms with Gasteiger partial charge in [-0.3, -0.25) is 0 Å². The highest BCUT2D eigenvalue weighted by molar-refractivity contribution is 6.99. The van der Waals surface area contributed by atoms with Crippen LogP contribution in [0.4, 0.5) is 0 Å². The van der Waals surface area contributed by atoms with Crippen molar-refractivity contribution in [2.45, 2.75) is 6.42 Å². The molecule has 0 aliphatic carbocycles. The number of ether oxygens (including phenoxy) is 1. The summed E-state index contributed by atoms with van der Waals surface area (Å²) in [5, 5.41) is 14.8. The van der Waals surface area contributed by atoms with Gasteiger partial charge in [-0.05, 0) is 19.0 Å². The van der Waals surface area contributed by atoms with Crippen LogP contribution in [0.1, 0.15) is 12.1 Å². The van der Waals surface area contributed by atoms with E-state index in [9.17, 15) is 0 Å². The number of aliphatic carboxylic acids is 2. The number of hydrogen-bond acceptors (Lipinski definition) is 7. The lowest BCUT2D eigenvalue weighted by atomic mass is 10.1. The summed E-state index contributed by atoms with van der Waals surface area (Å²) in [6.07, 6.45) is 8.39. The van der Waals surface area contributed by atoms with Crippen molar-refractivity contribution >= 4 is 29.2 Å². The van der Waals surface area contributed by atoms with Gasteiger partial charge >= 0.3 is 11.9 Å². The fourth-order valence-electron chi connectivity index (χ4n) is 1.65. The highest BCUT2D eigenvalue weighted by atomic mass is 32.1. The Morgan fingerprint density at radius 2 is 2.14 bits per heavy atom. The molecule has 0 saturated heterocycles. The molecule has 0 radical (unpaired) electrons. The maximum absolute atomic E-state index is 9.10. The molecule has 2 rings (SSSR count). The van der Waals surface area contributed by atoms with Crippen LogP contribution in [-0.2, 0) is 9.59 Å². The Morgan fingerprint density at radius 1 is 1.45 bits per heavy atom. The van der Waals surface area contributed by atoms with Gasteiger partial charge < -0.3 is 19.8 Å². The standard InChI is InChI=1S/C11H13N3OS.C2H2O4/c1-3-7-15-11-10(12-16-13-11)9-5-4-6-14(2)8-9;3-1(4)2(5)6/h1,5H,4,6-8H2,2H3;(H,3,4)(H,5,6). The summed E-state index contributed by atoms with van der Waals surface area (Å²) in [4.78, 5) is 20.4. The molecule has 0 fully saturated rings. The summed E-state index contributed by atoms with van der Waals surface area (Å²) in [7, 11) is 2.09. The van der Waals surface area contributed by atoms with Gasteiger partial charge in [-0.2, -0.15) is 4.37 Å². The van der Waals surface area contributed by atoms with Crippen molar-refractivity contribution in [1.82, 2.24) is 13.6 Å². The molecule has 1 aliphatic rings. The molecule has 1 aliphatic heterocycles. The fraction of sp³-hybridized carbons (Fsp3) is 0.385. The number of carboxylic acids is 2. The summed E-state index contributed by atoms with van der Waals surface area (Å²) < 4.78 is 13.7. The Balaban J connectivity index is 0.000000346. The first kappa shape index (κ1) is 17.6. The van der Waals surface area contributed by atoms with E-state index in [1.165, 1.54) is 5.57 Å². The van der Waals surface area contributed by atoms with Crippen LogP contribution < -0.4 is 4.74 Å². The molecule has 0 atom stereocenters. The number of hydrogen-bond donors (Lipinski definition) is 2. The topological polar surface area (TPSA) is 113 Å². The van der Waals surface area contributed by atoms with Gasteiger partial charge in [0.2, 0.25) is 0 Å². The molecule has 118 valence electrons. The van der Waals surface area contributed by atoms with Gasteiger partial charge in [0.05, 0.1) is 11.7 Å². The van der Waals surface area contributed by atoms with Crippen molar-refractivity contribution in [3.05, 3.63) is 11.8 Å².